The zero-order valence-corrected chi connectivity index (χ0v) is 15.2. The largest absolute Gasteiger partial charge is 0.490 e. The Balaban J connectivity index is 2.24. The van der Waals surface area contributed by atoms with E-state index in [1.165, 1.54) is 24.8 Å². The number of amides is 1. The molecule has 2 rings (SSSR count). The number of nitrogens with zero attached hydrogens (tertiary/aromatic N) is 2. The maximum absolute atomic E-state index is 13.0. The molecule has 0 aliphatic carbocycles. The van der Waals surface area contributed by atoms with Gasteiger partial charge < -0.3 is 9.64 Å². The van der Waals surface area contributed by atoms with Gasteiger partial charge in [0.15, 0.2) is 0 Å². The SMILES string of the molecule is CN=C(SC)c1cc(C(F)(F)F)ccc1OC1CCN(C(C)=O)CC1. The number of hydrogen-bond acceptors (Lipinski definition) is 4. The summed E-state index contributed by atoms with van der Waals surface area (Å²) in [6.45, 7) is 2.71. The molecular formula is C17H21F3N2O2S. The van der Waals surface area contributed by atoms with Gasteiger partial charge in [0.1, 0.15) is 16.9 Å². The first-order valence-corrected chi connectivity index (χ1v) is 9.13. The Morgan fingerprint density at radius 2 is 1.96 bits per heavy atom. The van der Waals surface area contributed by atoms with Gasteiger partial charge in [-0.3, -0.25) is 9.79 Å². The molecular weight excluding hydrogens is 353 g/mol. The molecule has 0 N–H and O–H groups in total. The summed E-state index contributed by atoms with van der Waals surface area (Å²) in [6.07, 6.45) is -1.49. The number of alkyl halides is 3. The van der Waals surface area contributed by atoms with Crippen LogP contribution in [0, 0.1) is 0 Å². The predicted molar refractivity (Wildman–Crippen MR) is 93.3 cm³/mol. The topological polar surface area (TPSA) is 41.9 Å². The minimum atomic E-state index is -4.42. The van der Waals surface area contributed by atoms with E-state index in [1.54, 1.807) is 18.2 Å². The van der Waals surface area contributed by atoms with Crippen LogP contribution in [0.15, 0.2) is 23.2 Å². The van der Waals surface area contributed by atoms with Crippen molar-refractivity contribution >= 4 is 22.7 Å². The van der Waals surface area contributed by atoms with Crippen molar-refractivity contribution in [2.75, 3.05) is 26.4 Å². The molecule has 8 heteroatoms. The molecule has 0 bridgehead atoms. The van der Waals surface area contributed by atoms with Crippen LogP contribution in [0.3, 0.4) is 0 Å². The number of hydrogen-bond donors (Lipinski definition) is 0. The highest BCUT2D eigenvalue weighted by Gasteiger charge is 2.32. The van der Waals surface area contributed by atoms with Gasteiger partial charge in [0.25, 0.3) is 0 Å². The second-order valence-electron chi connectivity index (χ2n) is 5.76. The van der Waals surface area contributed by atoms with Crippen molar-refractivity contribution in [1.82, 2.24) is 4.90 Å². The van der Waals surface area contributed by atoms with E-state index in [4.69, 9.17) is 4.74 Å². The zero-order valence-electron chi connectivity index (χ0n) is 14.4. The Hall–Kier alpha value is -1.70. The number of ether oxygens (including phenoxy) is 1. The Morgan fingerprint density at radius 1 is 1.32 bits per heavy atom. The van der Waals surface area contributed by atoms with Crippen molar-refractivity contribution in [1.29, 1.82) is 0 Å². The number of thioether (sulfide) groups is 1. The van der Waals surface area contributed by atoms with Gasteiger partial charge in [-0.25, -0.2) is 0 Å². The number of likely N-dealkylation sites (tertiary alicyclic amines) is 1. The molecule has 0 aromatic heterocycles. The monoisotopic (exact) mass is 374 g/mol. The minimum Gasteiger partial charge on any atom is -0.490 e. The van der Waals surface area contributed by atoms with Crippen molar-refractivity contribution < 1.29 is 22.7 Å². The van der Waals surface area contributed by atoms with Crippen molar-refractivity contribution in [2.24, 2.45) is 4.99 Å². The lowest BCUT2D eigenvalue weighted by molar-refractivity contribution is -0.137. The van der Waals surface area contributed by atoms with Crippen molar-refractivity contribution in [2.45, 2.75) is 32.0 Å². The number of carbonyl (C=O) groups is 1. The summed E-state index contributed by atoms with van der Waals surface area (Å²) in [7, 11) is 1.54. The molecule has 1 aromatic rings. The summed E-state index contributed by atoms with van der Waals surface area (Å²) >= 11 is 1.27. The van der Waals surface area contributed by atoms with E-state index in [0.717, 1.165) is 12.1 Å². The van der Waals surface area contributed by atoms with E-state index in [0.29, 0.717) is 42.3 Å². The van der Waals surface area contributed by atoms with Crippen molar-refractivity contribution in [3.8, 4) is 5.75 Å². The number of benzene rings is 1. The Bertz CT molecular complexity index is 654. The van der Waals surface area contributed by atoms with Crippen LogP contribution in [0.5, 0.6) is 5.75 Å². The Kier molecular flexibility index (Phi) is 6.37. The molecule has 4 nitrogen and oxygen atoms in total. The molecule has 1 saturated heterocycles. The number of piperidine rings is 1. The molecule has 1 aromatic carbocycles. The predicted octanol–water partition coefficient (Wildman–Crippen LogP) is 3.83. The summed E-state index contributed by atoms with van der Waals surface area (Å²) in [5.41, 5.74) is -0.379. The highest BCUT2D eigenvalue weighted by Crippen LogP contribution is 2.35. The maximum atomic E-state index is 13.0. The summed E-state index contributed by atoms with van der Waals surface area (Å²) < 4.78 is 45.0. The highest BCUT2D eigenvalue weighted by molar-refractivity contribution is 8.13. The normalized spacial score (nSPS) is 16.9. The second-order valence-corrected chi connectivity index (χ2v) is 6.56. The third kappa shape index (κ3) is 4.90. The first kappa shape index (κ1) is 19.6. The molecule has 1 heterocycles. The van der Waals surface area contributed by atoms with Gasteiger partial charge in [-0.05, 0) is 24.5 Å². The van der Waals surface area contributed by atoms with Crippen LogP contribution in [-0.2, 0) is 11.0 Å². The molecule has 0 atom stereocenters. The lowest BCUT2D eigenvalue weighted by atomic mass is 10.1. The van der Waals surface area contributed by atoms with E-state index in [9.17, 15) is 18.0 Å². The quantitative estimate of drug-likeness (QED) is 0.596. The molecule has 1 amide bonds. The Labute approximate surface area is 149 Å². The van der Waals surface area contributed by atoms with Crippen LogP contribution in [-0.4, -0.2) is 48.3 Å². The number of aliphatic imine (C=N–C) groups is 1. The maximum Gasteiger partial charge on any atom is 0.416 e. The number of halogens is 3. The first-order valence-electron chi connectivity index (χ1n) is 7.90. The van der Waals surface area contributed by atoms with Gasteiger partial charge in [0.2, 0.25) is 5.91 Å². The number of carbonyl (C=O) groups excluding carboxylic acids is 1. The van der Waals surface area contributed by atoms with Gasteiger partial charge in [0, 0.05) is 45.5 Å². The number of rotatable bonds is 3. The van der Waals surface area contributed by atoms with E-state index in [2.05, 4.69) is 4.99 Å². The molecule has 1 aliphatic heterocycles. The molecule has 1 aliphatic rings. The molecule has 138 valence electrons. The average Bonchev–Trinajstić information content (AvgIpc) is 2.56. The van der Waals surface area contributed by atoms with Crippen LogP contribution >= 0.6 is 11.8 Å². The van der Waals surface area contributed by atoms with Gasteiger partial charge in [-0.2, -0.15) is 13.2 Å². The van der Waals surface area contributed by atoms with Crippen molar-refractivity contribution in [3.05, 3.63) is 29.3 Å². The van der Waals surface area contributed by atoms with Gasteiger partial charge in [-0.1, -0.05) is 0 Å². The fourth-order valence-electron chi connectivity index (χ4n) is 2.77. The highest BCUT2D eigenvalue weighted by atomic mass is 32.2. The average molecular weight is 374 g/mol. The molecule has 0 unspecified atom stereocenters. The molecule has 0 spiro atoms. The summed E-state index contributed by atoms with van der Waals surface area (Å²) in [5.74, 6) is 0.417. The lowest BCUT2D eigenvalue weighted by Crippen LogP contribution is -2.40. The first-order chi connectivity index (χ1) is 11.8. The van der Waals surface area contributed by atoms with Gasteiger partial charge in [-0.15, -0.1) is 11.8 Å². The van der Waals surface area contributed by atoms with Crippen molar-refractivity contribution in [3.63, 3.8) is 0 Å². The summed E-state index contributed by atoms with van der Waals surface area (Å²) in [4.78, 5) is 17.2. The molecule has 1 fully saturated rings. The van der Waals surface area contributed by atoms with Crippen LogP contribution in [0.1, 0.15) is 30.9 Å². The van der Waals surface area contributed by atoms with Crippen LogP contribution < -0.4 is 4.74 Å². The van der Waals surface area contributed by atoms with E-state index < -0.39 is 11.7 Å². The fourth-order valence-corrected chi connectivity index (χ4v) is 3.33. The van der Waals surface area contributed by atoms with Crippen LogP contribution in [0.2, 0.25) is 0 Å². The molecule has 25 heavy (non-hydrogen) atoms. The second kappa shape index (κ2) is 8.12. The fraction of sp³-hybridized carbons (Fsp3) is 0.529. The summed E-state index contributed by atoms with van der Waals surface area (Å²) in [5, 5.41) is 0.488. The van der Waals surface area contributed by atoms with E-state index in [1.807, 2.05) is 0 Å². The third-order valence-corrected chi connectivity index (χ3v) is 4.90. The third-order valence-electron chi connectivity index (χ3n) is 4.11. The van der Waals surface area contributed by atoms with E-state index >= 15 is 0 Å². The van der Waals surface area contributed by atoms with Crippen LogP contribution in [0.4, 0.5) is 13.2 Å². The van der Waals surface area contributed by atoms with E-state index in [-0.39, 0.29) is 12.0 Å². The Morgan fingerprint density at radius 3 is 2.44 bits per heavy atom. The minimum absolute atomic E-state index is 0.0245. The lowest BCUT2D eigenvalue weighted by Gasteiger charge is -2.32. The van der Waals surface area contributed by atoms with Gasteiger partial charge in [0.05, 0.1) is 5.56 Å². The summed E-state index contributed by atoms with van der Waals surface area (Å²) in [6, 6.07) is 3.47. The smallest absolute Gasteiger partial charge is 0.416 e. The molecule has 0 saturated carbocycles. The van der Waals surface area contributed by atoms with Gasteiger partial charge >= 0.3 is 6.18 Å². The van der Waals surface area contributed by atoms with Crippen LogP contribution in [0.25, 0.3) is 0 Å². The zero-order chi connectivity index (χ0) is 18.6. The molecule has 0 radical (unpaired) electrons. The standard InChI is InChI=1S/C17H21F3N2O2S/c1-11(23)22-8-6-13(7-9-22)24-15-5-4-12(17(18,19)20)10-14(15)16(21-2)25-3/h4-5,10,13H,6-9H2,1-3H3.